The zero-order valence-corrected chi connectivity index (χ0v) is 14.8. The minimum absolute atomic E-state index is 0.0458. The Balaban J connectivity index is 1.78. The summed E-state index contributed by atoms with van der Waals surface area (Å²) in [6, 6.07) is 14.2. The van der Waals surface area contributed by atoms with Crippen LogP contribution < -0.4 is 5.32 Å². The van der Waals surface area contributed by atoms with E-state index in [1.54, 1.807) is 0 Å². The van der Waals surface area contributed by atoms with Gasteiger partial charge in [-0.1, -0.05) is 55.3 Å². The zero-order chi connectivity index (χ0) is 17.8. The molecule has 0 bridgehead atoms. The van der Waals surface area contributed by atoms with Gasteiger partial charge in [0.1, 0.15) is 0 Å². The van der Waals surface area contributed by atoms with Crippen LogP contribution in [0.25, 0.3) is 10.8 Å². The molecule has 1 N–H and O–H groups in total. The molecule has 0 aromatic heterocycles. The molecular formula is C21H25NO3. The van der Waals surface area contributed by atoms with Crippen LogP contribution >= 0.6 is 0 Å². The van der Waals surface area contributed by atoms with Crippen molar-refractivity contribution in [3.8, 4) is 0 Å². The molecule has 0 spiro atoms. The second kappa shape index (κ2) is 7.68. The Kier molecular flexibility index (Phi) is 5.37. The van der Waals surface area contributed by atoms with Gasteiger partial charge < -0.3 is 10.1 Å². The lowest BCUT2D eigenvalue weighted by molar-refractivity contribution is -0.152. The molecule has 25 heavy (non-hydrogen) atoms. The summed E-state index contributed by atoms with van der Waals surface area (Å²) in [5.41, 5.74) is 1.09. The van der Waals surface area contributed by atoms with Gasteiger partial charge in [-0.05, 0) is 36.1 Å². The van der Waals surface area contributed by atoms with Crippen molar-refractivity contribution in [2.45, 2.75) is 38.6 Å². The van der Waals surface area contributed by atoms with Crippen molar-refractivity contribution in [3.63, 3.8) is 0 Å². The highest BCUT2D eigenvalue weighted by atomic mass is 16.5. The zero-order valence-electron chi connectivity index (χ0n) is 14.8. The lowest BCUT2D eigenvalue weighted by Crippen LogP contribution is -2.41. The van der Waals surface area contributed by atoms with Crippen LogP contribution in [0.3, 0.4) is 0 Å². The molecule has 132 valence electrons. The smallest absolute Gasteiger partial charge is 0.309 e. The molecule has 1 amide bonds. The van der Waals surface area contributed by atoms with E-state index in [1.807, 2.05) is 31.2 Å². The topological polar surface area (TPSA) is 55.4 Å². The molecule has 2 aromatic rings. The number of amides is 1. The average molecular weight is 339 g/mol. The van der Waals surface area contributed by atoms with Gasteiger partial charge in [0.2, 0.25) is 5.91 Å². The molecule has 4 nitrogen and oxygen atoms in total. The maximum absolute atomic E-state index is 12.8. The third-order valence-corrected chi connectivity index (χ3v) is 5.26. The van der Waals surface area contributed by atoms with Crippen LogP contribution in [0.2, 0.25) is 0 Å². The highest BCUT2D eigenvalue weighted by Gasteiger charge is 2.36. The van der Waals surface area contributed by atoms with Crippen LogP contribution in [-0.4, -0.2) is 19.0 Å². The third kappa shape index (κ3) is 3.68. The van der Waals surface area contributed by atoms with Crippen molar-refractivity contribution in [1.82, 2.24) is 5.32 Å². The molecule has 4 heteroatoms. The molecule has 0 saturated heterocycles. The van der Waals surface area contributed by atoms with Crippen LogP contribution in [0, 0.1) is 11.8 Å². The van der Waals surface area contributed by atoms with Crippen LogP contribution in [0.15, 0.2) is 42.5 Å². The second-order valence-corrected chi connectivity index (χ2v) is 6.82. The molecule has 1 aliphatic carbocycles. The molecule has 3 atom stereocenters. The summed E-state index contributed by atoms with van der Waals surface area (Å²) in [7, 11) is 1.39. The lowest BCUT2D eigenvalue weighted by Gasteiger charge is -2.29. The van der Waals surface area contributed by atoms with E-state index in [9.17, 15) is 9.59 Å². The van der Waals surface area contributed by atoms with E-state index in [-0.39, 0.29) is 29.8 Å². The van der Waals surface area contributed by atoms with Gasteiger partial charge in [-0.15, -0.1) is 0 Å². The van der Waals surface area contributed by atoms with Gasteiger partial charge in [0.15, 0.2) is 0 Å². The number of carbonyl (C=O) groups is 2. The molecule has 0 heterocycles. The van der Waals surface area contributed by atoms with Crippen molar-refractivity contribution in [2.24, 2.45) is 11.8 Å². The fourth-order valence-electron chi connectivity index (χ4n) is 3.90. The van der Waals surface area contributed by atoms with E-state index >= 15 is 0 Å². The summed E-state index contributed by atoms with van der Waals surface area (Å²) in [6.07, 6.45) is 3.43. The second-order valence-electron chi connectivity index (χ2n) is 6.82. The maximum Gasteiger partial charge on any atom is 0.309 e. The highest BCUT2D eigenvalue weighted by Crippen LogP contribution is 2.32. The third-order valence-electron chi connectivity index (χ3n) is 5.26. The Morgan fingerprint density at radius 3 is 2.48 bits per heavy atom. The Morgan fingerprint density at radius 1 is 1.04 bits per heavy atom. The van der Waals surface area contributed by atoms with E-state index in [4.69, 9.17) is 4.74 Å². The van der Waals surface area contributed by atoms with Gasteiger partial charge in [-0.2, -0.15) is 0 Å². The van der Waals surface area contributed by atoms with Gasteiger partial charge in [0.25, 0.3) is 0 Å². The first kappa shape index (κ1) is 17.5. The monoisotopic (exact) mass is 339 g/mol. The van der Waals surface area contributed by atoms with E-state index in [0.717, 1.165) is 42.0 Å². The van der Waals surface area contributed by atoms with Crippen LogP contribution in [0.4, 0.5) is 0 Å². The Hall–Kier alpha value is -2.36. The number of benzene rings is 2. The van der Waals surface area contributed by atoms with Gasteiger partial charge >= 0.3 is 5.97 Å². The first-order chi connectivity index (χ1) is 12.1. The first-order valence-corrected chi connectivity index (χ1v) is 8.97. The standard InChI is InChI=1S/C21H25NO3/c1-14(16-13-7-9-15-8-3-4-10-17(15)16)22-20(23)18-11-5-6-12-19(18)21(24)25-2/h3-4,7-10,13-14,18-19H,5-6,11-12H2,1-2H3,(H,22,23)/t14?,18-,19+/m0/s1. The molecule has 0 radical (unpaired) electrons. The largest absolute Gasteiger partial charge is 0.469 e. The van der Waals surface area contributed by atoms with Gasteiger partial charge in [-0.25, -0.2) is 0 Å². The van der Waals surface area contributed by atoms with Gasteiger partial charge in [0, 0.05) is 0 Å². The molecule has 2 aromatic carbocycles. The molecule has 1 saturated carbocycles. The fourth-order valence-corrected chi connectivity index (χ4v) is 3.90. The van der Waals surface area contributed by atoms with E-state index in [1.165, 1.54) is 7.11 Å². The number of rotatable bonds is 4. The summed E-state index contributed by atoms with van der Waals surface area (Å²) in [5, 5.41) is 5.42. The normalized spacial score (nSPS) is 21.5. The van der Waals surface area contributed by atoms with Crippen molar-refractivity contribution >= 4 is 22.6 Å². The number of hydrogen-bond acceptors (Lipinski definition) is 3. The van der Waals surface area contributed by atoms with Crippen LogP contribution in [0.5, 0.6) is 0 Å². The van der Waals surface area contributed by atoms with Gasteiger partial charge in [-0.3, -0.25) is 9.59 Å². The Morgan fingerprint density at radius 2 is 1.72 bits per heavy atom. The van der Waals surface area contributed by atoms with Crippen molar-refractivity contribution in [2.75, 3.05) is 7.11 Å². The minimum atomic E-state index is -0.321. The molecule has 1 aliphatic rings. The molecule has 3 rings (SSSR count). The number of methoxy groups -OCH3 is 1. The lowest BCUT2D eigenvalue weighted by atomic mass is 9.78. The molecule has 1 fully saturated rings. The highest BCUT2D eigenvalue weighted by molar-refractivity contribution is 5.88. The van der Waals surface area contributed by atoms with Crippen molar-refractivity contribution in [1.29, 1.82) is 0 Å². The van der Waals surface area contributed by atoms with E-state index < -0.39 is 0 Å². The number of nitrogens with one attached hydrogen (secondary N) is 1. The quantitative estimate of drug-likeness (QED) is 0.857. The SMILES string of the molecule is COC(=O)[C@@H]1CCCC[C@@H]1C(=O)NC(C)c1cccc2ccccc12. The minimum Gasteiger partial charge on any atom is -0.469 e. The van der Waals surface area contributed by atoms with Crippen molar-refractivity contribution < 1.29 is 14.3 Å². The molecule has 0 aliphatic heterocycles. The maximum atomic E-state index is 12.8. The van der Waals surface area contributed by atoms with Gasteiger partial charge in [0.05, 0.1) is 25.0 Å². The summed E-state index contributed by atoms with van der Waals surface area (Å²) in [6.45, 7) is 2.00. The predicted octanol–water partition coefficient (Wildman–Crippen LogP) is 4.00. The number of fused-ring (bicyclic) bond motifs is 1. The number of ether oxygens (including phenoxy) is 1. The Labute approximate surface area is 148 Å². The van der Waals surface area contributed by atoms with Crippen LogP contribution in [-0.2, 0) is 14.3 Å². The number of carbonyl (C=O) groups excluding carboxylic acids is 2. The first-order valence-electron chi connectivity index (χ1n) is 8.97. The van der Waals surface area contributed by atoms with E-state index in [2.05, 4.69) is 23.5 Å². The van der Waals surface area contributed by atoms with Crippen LogP contribution in [0.1, 0.15) is 44.2 Å². The summed E-state index contributed by atoms with van der Waals surface area (Å²) >= 11 is 0. The Bertz CT molecular complexity index is 765. The van der Waals surface area contributed by atoms with E-state index in [0.29, 0.717) is 0 Å². The fraction of sp³-hybridized carbons (Fsp3) is 0.429. The summed E-state index contributed by atoms with van der Waals surface area (Å²) < 4.78 is 4.90. The predicted molar refractivity (Wildman–Crippen MR) is 98.0 cm³/mol. The molecular weight excluding hydrogens is 314 g/mol. The number of hydrogen-bond donors (Lipinski definition) is 1. The summed E-state index contributed by atoms with van der Waals surface area (Å²) in [4.78, 5) is 24.8. The summed E-state index contributed by atoms with van der Waals surface area (Å²) in [5.74, 6) is -0.926. The number of esters is 1. The molecule has 1 unspecified atom stereocenters. The van der Waals surface area contributed by atoms with Crippen molar-refractivity contribution in [3.05, 3.63) is 48.0 Å². The average Bonchev–Trinajstić information content (AvgIpc) is 2.66.